The van der Waals surface area contributed by atoms with Gasteiger partial charge < -0.3 is 9.30 Å². The summed E-state index contributed by atoms with van der Waals surface area (Å²) in [5, 5.41) is 13.2. The molecule has 1 saturated heterocycles. The Morgan fingerprint density at radius 3 is 2.83 bits per heavy atom. The molecule has 1 aliphatic heterocycles. The third-order valence-corrected chi connectivity index (χ3v) is 5.47. The van der Waals surface area contributed by atoms with Crippen LogP contribution in [0.4, 0.5) is 0 Å². The Bertz CT molecular complexity index is 674. The molecule has 2 fully saturated rings. The third kappa shape index (κ3) is 2.98. The Balaban J connectivity index is 1.50. The highest BCUT2D eigenvalue weighted by Gasteiger charge is 2.36. The predicted molar refractivity (Wildman–Crippen MR) is 89.3 cm³/mol. The molecule has 0 amide bonds. The zero-order valence-corrected chi connectivity index (χ0v) is 14.5. The summed E-state index contributed by atoms with van der Waals surface area (Å²) in [5.74, 6) is 1.00. The molecule has 2 aromatic rings. The van der Waals surface area contributed by atoms with E-state index in [-0.39, 0.29) is 12.1 Å². The zero-order valence-electron chi connectivity index (χ0n) is 14.5. The molecule has 24 heavy (non-hydrogen) atoms. The first-order chi connectivity index (χ1) is 11.7. The lowest BCUT2D eigenvalue weighted by Crippen LogP contribution is -2.26. The highest BCUT2D eigenvalue weighted by atomic mass is 16.5. The van der Waals surface area contributed by atoms with Crippen molar-refractivity contribution < 1.29 is 4.74 Å². The minimum atomic E-state index is 0.235. The van der Waals surface area contributed by atoms with E-state index in [9.17, 15) is 0 Å². The smallest absolute Gasteiger partial charge is 0.150 e. The molecule has 2 aromatic heterocycles. The van der Waals surface area contributed by atoms with E-state index in [1.54, 1.807) is 13.4 Å². The zero-order chi connectivity index (χ0) is 16.5. The first-order valence-electron chi connectivity index (χ1n) is 8.89. The Hall–Kier alpha value is -1.73. The average molecular weight is 330 g/mol. The minimum absolute atomic E-state index is 0.235. The predicted octanol–water partition coefficient (Wildman–Crippen LogP) is 2.09. The molecule has 0 spiro atoms. The summed E-state index contributed by atoms with van der Waals surface area (Å²) in [5.41, 5.74) is 1.13. The van der Waals surface area contributed by atoms with Crippen LogP contribution in [0.5, 0.6) is 0 Å². The van der Waals surface area contributed by atoms with Gasteiger partial charge in [-0.25, -0.2) is 0 Å². The molecular weight excluding hydrogens is 304 g/mol. The normalized spacial score (nSPS) is 25.8. The lowest BCUT2D eigenvalue weighted by Gasteiger charge is -2.22. The van der Waals surface area contributed by atoms with Crippen LogP contribution in [-0.2, 0) is 18.3 Å². The summed E-state index contributed by atoms with van der Waals surface area (Å²) in [6, 6.07) is 2.99. The van der Waals surface area contributed by atoms with Crippen LogP contribution in [0.1, 0.15) is 55.7 Å². The van der Waals surface area contributed by atoms with Gasteiger partial charge in [0.25, 0.3) is 0 Å². The number of methoxy groups -OCH3 is 1. The number of hydrogen-bond acceptors (Lipinski definition) is 5. The molecule has 0 aromatic carbocycles. The van der Waals surface area contributed by atoms with Gasteiger partial charge in [-0.15, -0.1) is 10.2 Å². The van der Waals surface area contributed by atoms with Gasteiger partial charge in [-0.05, 0) is 25.3 Å². The number of aryl methyl sites for hydroxylation is 1. The van der Waals surface area contributed by atoms with E-state index in [2.05, 4.69) is 32.0 Å². The molecule has 2 aliphatic rings. The number of rotatable bonds is 5. The Morgan fingerprint density at radius 2 is 2.12 bits per heavy atom. The maximum atomic E-state index is 5.61. The van der Waals surface area contributed by atoms with Crippen molar-refractivity contribution in [1.82, 2.24) is 29.4 Å². The lowest BCUT2D eigenvalue weighted by atomic mass is 10.2. The van der Waals surface area contributed by atoms with Crippen LogP contribution in [-0.4, -0.2) is 49.2 Å². The van der Waals surface area contributed by atoms with E-state index in [0.717, 1.165) is 31.0 Å². The highest BCUT2D eigenvalue weighted by Crippen LogP contribution is 2.33. The highest BCUT2D eigenvalue weighted by molar-refractivity contribution is 5.06. The summed E-state index contributed by atoms with van der Waals surface area (Å²) in [6.07, 6.45) is 10.3. The van der Waals surface area contributed by atoms with E-state index in [1.165, 1.54) is 25.7 Å². The second kappa shape index (κ2) is 6.64. The standard InChI is InChI=1S/C17H26N6O/c1-21-12-18-19-17(21)16-9-15(24-2)11-22(16)10-13-7-8-23(20-13)14-5-3-4-6-14/h7-8,12,14-16H,3-6,9-11H2,1-2H3/t15-,16+/m1/s1. The van der Waals surface area contributed by atoms with Crippen LogP contribution in [0.2, 0.25) is 0 Å². The van der Waals surface area contributed by atoms with Crippen LogP contribution in [0.3, 0.4) is 0 Å². The molecule has 0 bridgehead atoms. The molecular formula is C17H26N6O. The molecule has 2 atom stereocenters. The SMILES string of the molecule is CO[C@@H]1C[C@@H](c2nncn2C)N(Cc2ccn(C3CCCC3)n2)C1. The van der Waals surface area contributed by atoms with Crippen LogP contribution < -0.4 is 0 Å². The fourth-order valence-corrected chi connectivity index (χ4v) is 4.11. The van der Waals surface area contributed by atoms with E-state index >= 15 is 0 Å². The monoisotopic (exact) mass is 330 g/mol. The number of nitrogens with zero attached hydrogens (tertiary/aromatic N) is 6. The second-order valence-electron chi connectivity index (χ2n) is 7.06. The second-order valence-corrected chi connectivity index (χ2v) is 7.06. The van der Waals surface area contributed by atoms with Gasteiger partial charge in [-0.2, -0.15) is 5.10 Å². The van der Waals surface area contributed by atoms with E-state index in [0.29, 0.717) is 6.04 Å². The van der Waals surface area contributed by atoms with Gasteiger partial charge in [0.15, 0.2) is 0 Å². The Morgan fingerprint density at radius 1 is 1.29 bits per heavy atom. The summed E-state index contributed by atoms with van der Waals surface area (Å²) >= 11 is 0. The van der Waals surface area contributed by atoms with E-state index in [1.807, 2.05) is 11.6 Å². The van der Waals surface area contributed by atoms with Crippen LogP contribution in [0, 0.1) is 0 Å². The lowest BCUT2D eigenvalue weighted by molar-refractivity contribution is 0.107. The van der Waals surface area contributed by atoms with Crippen molar-refractivity contribution in [2.75, 3.05) is 13.7 Å². The molecule has 0 unspecified atom stereocenters. The Kier molecular flexibility index (Phi) is 4.37. The van der Waals surface area contributed by atoms with Crippen molar-refractivity contribution in [3.8, 4) is 0 Å². The third-order valence-electron chi connectivity index (χ3n) is 5.47. The minimum Gasteiger partial charge on any atom is -0.380 e. The number of likely N-dealkylation sites (tertiary alicyclic amines) is 1. The fraction of sp³-hybridized carbons (Fsp3) is 0.706. The van der Waals surface area contributed by atoms with Gasteiger partial charge in [0.1, 0.15) is 12.2 Å². The topological polar surface area (TPSA) is 61.0 Å². The molecule has 7 heteroatoms. The molecule has 130 valence electrons. The average Bonchev–Trinajstić information content (AvgIpc) is 3.34. The van der Waals surface area contributed by atoms with Crippen molar-refractivity contribution in [1.29, 1.82) is 0 Å². The molecule has 1 saturated carbocycles. The van der Waals surface area contributed by atoms with Gasteiger partial charge in [-0.3, -0.25) is 9.58 Å². The van der Waals surface area contributed by atoms with Gasteiger partial charge >= 0.3 is 0 Å². The van der Waals surface area contributed by atoms with Crippen molar-refractivity contribution in [2.24, 2.45) is 7.05 Å². The largest absolute Gasteiger partial charge is 0.380 e. The van der Waals surface area contributed by atoms with Gasteiger partial charge in [0.05, 0.1) is 23.9 Å². The molecule has 4 rings (SSSR count). The number of aromatic nitrogens is 5. The van der Waals surface area contributed by atoms with Gasteiger partial charge in [0, 0.05) is 33.4 Å². The molecule has 0 radical (unpaired) electrons. The van der Waals surface area contributed by atoms with E-state index < -0.39 is 0 Å². The molecule has 1 aliphatic carbocycles. The number of hydrogen-bond donors (Lipinski definition) is 0. The van der Waals surface area contributed by atoms with Crippen LogP contribution in [0.25, 0.3) is 0 Å². The van der Waals surface area contributed by atoms with Gasteiger partial charge in [0.2, 0.25) is 0 Å². The molecule has 3 heterocycles. The summed E-state index contributed by atoms with van der Waals surface area (Å²) in [4.78, 5) is 2.42. The first kappa shape index (κ1) is 15.8. The summed E-state index contributed by atoms with van der Waals surface area (Å²) in [7, 11) is 3.79. The van der Waals surface area contributed by atoms with Crippen molar-refractivity contribution in [2.45, 2.75) is 56.8 Å². The summed E-state index contributed by atoms with van der Waals surface area (Å²) in [6.45, 7) is 1.74. The summed E-state index contributed by atoms with van der Waals surface area (Å²) < 4.78 is 9.79. The first-order valence-corrected chi connectivity index (χ1v) is 8.89. The van der Waals surface area contributed by atoms with Crippen LogP contribution in [0.15, 0.2) is 18.6 Å². The molecule has 0 N–H and O–H groups in total. The quantitative estimate of drug-likeness (QED) is 0.840. The van der Waals surface area contributed by atoms with Crippen molar-refractivity contribution in [3.63, 3.8) is 0 Å². The number of ether oxygens (including phenoxy) is 1. The van der Waals surface area contributed by atoms with Crippen LogP contribution >= 0.6 is 0 Å². The van der Waals surface area contributed by atoms with Gasteiger partial charge in [-0.1, -0.05) is 12.8 Å². The van der Waals surface area contributed by atoms with Crippen molar-refractivity contribution in [3.05, 3.63) is 30.1 Å². The van der Waals surface area contributed by atoms with Crippen molar-refractivity contribution >= 4 is 0 Å². The molecule has 7 nitrogen and oxygen atoms in total. The maximum absolute atomic E-state index is 5.61. The maximum Gasteiger partial charge on any atom is 0.150 e. The fourth-order valence-electron chi connectivity index (χ4n) is 4.11. The Labute approximate surface area is 142 Å². The van der Waals surface area contributed by atoms with E-state index in [4.69, 9.17) is 9.84 Å².